The second kappa shape index (κ2) is 10.8. The van der Waals surface area contributed by atoms with Gasteiger partial charge in [-0.15, -0.1) is 0 Å². The van der Waals surface area contributed by atoms with E-state index in [9.17, 15) is 9.90 Å². The summed E-state index contributed by atoms with van der Waals surface area (Å²) in [5.41, 5.74) is 3.90. The minimum absolute atomic E-state index is 0.270. The predicted octanol–water partition coefficient (Wildman–Crippen LogP) is 5.85. The van der Waals surface area contributed by atoms with Gasteiger partial charge in [-0.05, 0) is 60.7 Å². The minimum Gasteiger partial charge on any atom is -0.490 e. The number of carboxylic acid groups (broad SMARTS) is 1. The zero-order valence-electron chi connectivity index (χ0n) is 20.3. The third kappa shape index (κ3) is 5.04. The SMILES string of the molecule is CCOc1cc(C(c2cnc3ccccc3c2)N2CCCC2C(=O)O)ccc1OCc1ccccc1. The zero-order chi connectivity index (χ0) is 24.9. The van der Waals surface area contributed by atoms with Crippen molar-refractivity contribution in [3.05, 3.63) is 102 Å². The second-order valence-corrected chi connectivity index (χ2v) is 9.01. The van der Waals surface area contributed by atoms with Crippen molar-refractivity contribution in [3.63, 3.8) is 0 Å². The number of hydrogen-bond acceptors (Lipinski definition) is 5. The van der Waals surface area contributed by atoms with Gasteiger partial charge in [0.05, 0.1) is 18.2 Å². The standard InChI is InChI=1S/C30H30N2O4/c1-2-35-28-18-23(14-15-27(28)36-20-21-9-4-3-5-10-21)29(32-16-8-13-26(32)30(33)34)24-17-22-11-6-7-12-25(22)31-19-24/h3-7,9-12,14-15,17-19,26,29H,2,8,13,16,20H2,1H3,(H,33,34). The molecule has 2 atom stereocenters. The van der Waals surface area contributed by atoms with Gasteiger partial charge in [0.25, 0.3) is 0 Å². The molecule has 1 fully saturated rings. The summed E-state index contributed by atoms with van der Waals surface area (Å²) in [4.78, 5) is 18.9. The highest BCUT2D eigenvalue weighted by Gasteiger charge is 2.37. The maximum atomic E-state index is 12.1. The van der Waals surface area contributed by atoms with Gasteiger partial charge in [-0.1, -0.05) is 54.6 Å². The van der Waals surface area contributed by atoms with Crippen LogP contribution >= 0.6 is 0 Å². The summed E-state index contributed by atoms with van der Waals surface area (Å²) in [6.07, 6.45) is 3.33. The van der Waals surface area contributed by atoms with Crippen LogP contribution in [0.5, 0.6) is 11.5 Å². The summed E-state index contributed by atoms with van der Waals surface area (Å²) in [7, 11) is 0. The summed E-state index contributed by atoms with van der Waals surface area (Å²) in [6, 6.07) is 25.2. The van der Waals surface area contributed by atoms with Gasteiger partial charge in [0, 0.05) is 18.1 Å². The number of para-hydroxylation sites is 1. The molecule has 0 amide bonds. The lowest BCUT2D eigenvalue weighted by Gasteiger charge is -2.32. The van der Waals surface area contributed by atoms with Crippen molar-refractivity contribution in [1.29, 1.82) is 0 Å². The van der Waals surface area contributed by atoms with Gasteiger partial charge in [0.15, 0.2) is 11.5 Å². The Balaban J connectivity index is 1.54. The number of nitrogens with zero attached hydrogens (tertiary/aromatic N) is 2. The zero-order valence-corrected chi connectivity index (χ0v) is 20.3. The van der Waals surface area contributed by atoms with E-state index >= 15 is 0 Å². The van der Waals surface area contributed by atoms with Gasteiger partial charge >= 0.3 is 5.97 Å². The van der Waals surface area contributed by atoms with Crippen molar-refractivity contribution >= 4 is 16.9 Å². The molecule has 6 nitrogen and oxygen atoms in total. The molecule has 1 N–H and O–H groups in total. The van der Waals surface area contributed by atoms with E-state index in [1.54, 1.807) is 0 Å². The second-order valence-electron chi connectivity index (χ2n) is 9.01. The molecular formula is C30H30N2O4. The van der Waals surface area contributed by atoms with Crippen LogP contribution in [0.25, 0.3) is 10.9 Å². The lowest BCUT2D eigenvalue weighted by molar-refractivity contribution is -0.142. The molecule has 1 aliphatic heterocycles. The van der Waals surface area contributed by atoms with E-state index in [1.165, 1.54) is 0 Å². The number of aromatic nitrogens is 1. The van der Waals surface area contributed by atoms with Crippen LogP contribution in [-0.4, -0.2) is 40.2 Å². The van der Waals surface area contributed by atoms with Gasteiger partial charge in [-0.3, -0.25) is 14.7 Å². The maximum absolute atomic E-state index is 12.1. The van der Waals surface area contributed by atoms with Crippen molar-refractivity contribution in [2.75, 3.05) is 13.2 Å². The molecule has 36 heavy (non-hydrogen) atoms. The first-order chi connectivity index (χ1) is 17.6. The number of carbonyl (C=O) groups is 1. The van der Waals surface area contributed by atoms with Crippen molar-refractivity contribution in [3.8, 4) is 11.5 Å². The lowest BCUT2D eigenvalue weighted by Crippen LogP contribution is -2.39. The number of fused-ring (bicyclic) bond motifs is 1. The van der Waals surface area contributed by atoms with E-state index in [2.05, 4.69) is 16.0 Å². The Morgan fingerprint density at radius 3 is 2.61 bits per heavy atom. The Bertz CT molecular complexity index is 1340. The Kier molecular flexibility index (Phi) is 7.14. The Morgan fingerprint density at radius 1 is 1.00 bits per heavy atom. The molecule has 0 bridgehead atoms. The summed E-state index contributed by atoms with van der Waals surface area (Å²) in [5, 5.41) is 11.0. The molecule has 0 spiro atoms. The highest BCUT2D eigenvalue weighted by Crippen LogP contribution is 2.39. The van der Waals surface area contributed by atoms with Crippen LogP contribution in [0, 0.1) is 0 Å². The smallest absolute Gasteiger partial charge is 0.320 e. The van der Waals surface area contributed by atoms with E-state index in [4.69, 9.17) is 9.47 Å². The van der Waals surface area contributed by atoms with Gasteiger partial charge in [-0.2, -0.15) is 0 Å². The van der Waals surface area contributed by atoms with Crippen molar-refractivity contribution in [1.82, 2.24) is 9.88 Å². The molecule has 4 aromatic rings. The highest BCUT2D eigenvalue weighted by molar-refractivity contribution is 5.79. The van der Waals surface area contributed by atoms with Crippen LogP contribution in [0.1, 0.15) is 42.5 Å². The number of hydrogen-bond donors (Lipinski definition) is 1. The third-order valence-corrected chi connectivity index (χ3v) is 6.66. The predicted molar refractivity (Wildman–Crippen MR) is 139 cm³/mol. The number of pyridine rings is 1. The number of rotatable bonds is 9. The monoisotopic (exact) mass is 482 g/mol. The molecule has 1 aliphatic rings. The summed E-state index contributed by atoms with van der Waals surface area (Å²) in [5.74, 6) is 0.519. The van der Waals surface area contributed by atoms with Crippen LogP contribution < -0.4 is 9.47 Å². The maximum Gasteiger partial charge on any atom is 0.320 e. The van der Waals surface area contributed by atoms with Gasteiger partial charge < -0.3 is 14.6 Å². The van der Waals surface area contributed by atoms with E-state index in [0.717, 1.165) is 34.0 Å². The van der Waals surface area contributed by atoms with Crippen LogP contribution in [0.2, 0.25) is 0 Å². The summed E-state index contributed by atoms with van der Waals surface area (Å²) in [6.45, 7) is 3.57. The fourth-order valence-corrected chi connectivity index (χ4v) is 4.99. The van der Waals surface area contributed by atoms with Crippen LogP contribution in [0.4, 0.5) is 0 Å². The van der Waals surface area contributed by atoms with Crippen LogP contribution in [0.3, 0.4) is 0 Å². The molecule has 2 unspecified atom stereocenters. The first kappa shape index (κ1) is 23.8. The topological polar surface area (TPSA) is 71.9 Å². The molecule has 3 aromatic carbocycles. The van der Waals surface area contributed by atoms with Crippen LogP contribution in [0.15, 0.2) is 85.1 Å². The third-order valence-electron chi connectivity index (χ3n) is 6.66. The molecule has 2 heterocycles. The molecule has 1 aromatic heterocycles. The number of benzene rings is 3. The molecule has 6 heteroatoms. The molecule has 1 saturated heterocycles. The average Bonchev–Trinajstić information content (AvgIpc) is 3.39. The molecule has 5 rings (SSSR count). The van der Waals surface area contributed by atoms with E-state index in [1.807, 2.05) is 85.9 Å². The fourth-order valence-electron chi connectivity index (χ4n) is 4.99. The molecule has 0 radical (unpaired) electrons. The van der Waals surface area contributed by atoms with E-state index in [-0.39, 0.29) is 6.04 Å². The summed E-state index contributed by atoms with van der Waals surface area (Å²) >= 11 is 0. The number of carboxylic acids is 1. The van der Waals surface area contributed by atoms with Crippen molar-refractivity contribution in [2.24, 2.45) is 0 Å². The number of ether oxygens (including phenoxy) is 2. The van der Waals surface area contributed by atoms with E-state index in [0.29, 0.717) is 37.7 Å². The number of likely N-dealkylation sites (tertiary alicyclic amines) is 1. The van der Waals surface area contributed by atoms with Crippen LogP contribution in [-0.2, 0) is 11.4 Å². The average molecular weight is 483 g/mol. The first-order valence-corrected chi connectivity index (χ1v) is 12.4. The molecular weight excluding hydrogens is 452 g/mol. The number of aliphatic carboxylic acids is 1. The van der Waals surface area contributed by atoms with Crippen molar-refractivity contribution in [2.45, 2.75) is 38.5 Å². The lowest BCUT2D eigenvalue weighted by atomic mass is 9.96. The summed E-state index contributed by atoms with van der Waals surface area (Å²) < 4.78 is 12.1. The quantitative estimate of drug-likeness (QED) is 0.323. The van der Waals surface area contributed by atoms with Gasteiger partial charge in [-0.25, -0.2) is 0 Å². The largest absolute Gasteiger partial charge is 0.490 e. The Labute approximate surface area is 211 Å². The molecule has 184 valence electrons. The molecule has 0 saturated carbocycles. The van der Waals surface area contributed by atoms with Gasteiger partial charge in [0.1, 0.15) is 12.6 Å². The Morgan fingerprint density at radius 2 is 1.81 bits per heavy atom. The fraction of sp³-hybridized carbons (Fsp3) is 0.267. The Hall–Kier alpha value is -3.90. The normalized spacial score (nSPS) is 16.6. The molecule has 0 aliphatic carbocycles. The van der Waals surface area contributed by atoms with Gasteiger partial charge in [0.2, 0.25) is 0 Å². The first-order valence-electron chi connectivity index (χ1n) is 12.4. The highest BCUT2D eigenvalue weighted by atomic mass is 16.5. The minimum atomic E-state index is -0.793. The van der Waals surface area contributed by atoms with Crippen molar-refractivity contribution < 1.29 is 19.4 Å². The van der Waals surface area contributed by atoms with E-state index < -0.39 is 12.0 Å².